The number of amides is 1. The Kier molecular flexibility index (Phi) is 17.2. The van der Waals surface area contributed by atoms with E-state index >= 15 is 0 Å². The molecule has 18 heteroatoms. The second kappa shape index (κ2) is 23.9. The SMILES string of the molecule is CCOC(=O)[C@@H](Cc1cc(CN(CCN2CCN(C)CC2)C(=O)OC(C)(C)C)ccc1OCc1ccnc(-c2ccccc2OC)n1)Oc1ncnc2sc(-c3ccc(F)cc3)c(-c3ccc(C=O)c(C)c3Cl)c12. The standard InChI is InChI=1S/C56H59ClFN7O8S/c1-8-70-54(67)46(72-52-48-47(43-19-16-38(32-66)35(2)49(43)57)50(74-53(48)61-34-60-52)37-14-17-40(58)18-15-37)30-39-29-36(31-65(55(68)73-56(3,4)5)28-27-64-25-23-63(6)24-26-64)13-20-44(39)71-33-41-21-22-59-51(62-41)42-11-9-10-12-45(42)69-7/h9-22,29,32,34,46H,8,23-28,30-31,33H2,1-7H3/t46-/m1/s1. The maximum absolute atomic E-state index is 14.3. The minimum Gasteiger partial charge on any atom is -0.496 e. The van der Waals surface area contributed by atoms with E-state index in [0.717, 1.165) is 38.0 Å². The number of ether oxygens (including phenoxy) is 5. The molecular formula is C56H59ClFN7O8S. The average Bonchev–Trinajstić information content (AvgIpc) is 3.79. The number of nitrogens with zero attached hydrogens (tertiary/aromatic N) is 7. The molecule has 386 valence electrons. The molecule has 1 aliphatic rings. The van der Waals surface area contributed by atoms with Crippen molar-refractivity contribution in [1.29, 1.82) is 0 Å². The Morgan fingerprint density at radius 2 is 1.72 bits per heavy atom. The van der Waals surface area contributed by atoms with Crippen LogP contribution in [0.15, 0.2) is 97.5 Å². The van der Waals surface area contributed by atoms with Gasteiger partial charge in [0.2, 0.25) is 12.0 Å². The fourth-order valence-corrected chi connectivity index (χ4v) is 9.97. The van der Waals surface area contributed by atoms with Crippen molar-refractivity contribution in [2.45, 2.75) is 65.9 Å². The summed E-state index contributed by atoms with van der Waals surface area (Å²) in [4.78, 5) is 66.3. The van der Waals surface area contributed by atoms with E-state index in [2.05, 4.69) is 31.8 Å². The number of methoxy groups -OCH3 is 1. The van der Waals surface area contributed by atoms with Gasteiger partial charge in [0, 0.05) is 80.0 Å². The van der Waals surface area contributed by atoms with Gasteiger partial charge in [-0.1, -0.05) is 60.1 Å². The third kappa shape index (κ3) is 12.8. The lowest BCUT2D eigenvalue weighted by atomic mass is 9.96. The summed E-state index contributed by atoms with van der Waals surface area (Å²) in [5.74, 6) is 0.474. The van der Waals surface area contributed by atoms with Crippen molar-refractivity contribution in [1.82, 2.24) is 34.6 Å². The molecule has 4 aromatic carbocycles. The van der Waals surface area contributed by atoms with Gasteiger partial charge in [-0.2, -0.15) is 0 Å². The Morgan fingerprint density at radius 3 is 2.45 bits per heavy atom. The van der Waals surface area contributed by atoms with Gasteiger partial charge in [0.1, 0.15) is 47.0 Å². The number of para-hydroxylation sites is 1. The number of carbonyl (C=O) groups excluding carboxylic acids is 3. The fraction of sp³-hybridized carbons (Fsp3) is 0.339. The third-order valence-corrected chi connectivity index (χ3v) is 14.1. The first-order chi connectivity index (χ1) is 35.6. The molecule has 1 atom stereocenters. The molecule has 0 unspecified atom stereocenters. The summed E-state index contributed by atoms with van der Waals surface area (Å²) in [5, 5.41) is 0.759. The Labute approximate surface area is 439 Å². The van der Waals surface area contributed by atoms with Gasteiger partial charge in [0.05, 0.1) is 35.4 Å². The first-order valence-electron chi connectivity index (χ1n) is 24.3. The molecule has 3 aromatic heterocycles. The summed E-state index contributed by atoms with van der Waals surface area (Å²) in [6, 6.07) is 24.3. The number of carbonyl (C=O) groups is 3. The second-order valence-electron chi connectivity index (χ2n) is 18.8. The van der Waals surface area contributed by atoms with Gasteiger partial charge in [0.15, 0.2) is 5.82 Å². The first-order valence-corrected chi connectivity index (χ1v) is 25.5. The van der Waals surface area contributed by atoms with Crippen LogP contribution in [0.2, 0.25) is 5.02 Å². The zero-order valence-corrected chi connectivity index (χ0v) is 44.1. The van der Waals surface area contributed by atoms with E-state index in [0.29, 0.717) is 95.2 Å². The second-order valence-corrected chi connectivity index (χ2v) is 20.2. The molecule has 1 fully saturated rings. The number of hydrogen-bond acceptors (Lipinski definition) is 15. The number of rotatable bonds is 19. The molecule has 0 N–H and O–H groups in total. The number of halogens is 2. The lowest BCUT2D eigenvalue weighted by molar-refractivity contribution is -0.151. The van der Waals surface area contributed by atoms with Gasteiger partial charge < -0.3 is 33.5 Å². The predicted molar refractivity (Wildman–Crippen MR) is 284 cm³/mol. The Balaban J connectivity index is 1.20. The van der Waals surface area contributed by atoms with E-state index in [-0.39, 0.29) is 32.1 Å². The molecule has 1 amide bonds. The molecule has 0 saturated carbocycles. The maximum Gasteiger partial charge on any atom is 0.410 e. The highest BCUT2D eigenvalue weighted by molar-refractivity contribution is 7.22. The monoisotopic (exact) mass is 1040 g/mol. The van der Waals surface area contributed by atoms with E-state index in [9.17, 15) is 18.8 Å². The van der Waals surface area contributed by atoms with Crippen LogP contribution in [-0.4, -0.2) is 125 Å². The number of hydrogen-bond donors (Lipinski definition) is 0. The largest absolute Gasteiger partial charge is 0.496 e. The van der Waals surface area contributed by atoms with Gasteiger partial charge in [-0.25, -0.2) is 33.9 Å². The number of aromatic nitrogens is 4. The molecule has 1 aliphatic heterocycles. The van der Waals surface area contributed by atoms with Crippen molar-refractivity contribution in [3.8, 4) is 50.3 Å². The van der Waals surface area contributed by atoms with Crippen molar-refractivity contribution in [2.24, 2.45) is 0 Å². The van der Waals surface area contributed by atoms with Gasteiger partial charge >= 0.3 is 12.1 Å². The maximum atomic E-state index is 14.3. The van der Waals surface area contributed by atoms with Crippen LogP contribution in [0.4, 0.5) is 9.18 Å². The van der Waals surface area contributed by atoms with E-state index in [4.69, 9.17) is 40.3 Å². The van der Waals surface area contributed by atoms with Crippen LogP contribution in [0.5, 0.6) is 17.4 Å². The van der Waals surface area contributed by atoms with Crippen LogP contribution in [0.25, 0.3) is 43.2 Å². The number of esters is 1. The first kappa shape index (κ1) is 53.2. The average molecular weight is 1040 g/mol. The van der Waals surface area contributed by atoms with Crippen molar-refractivity contribution < 1.29 is 42.5 Å². The van der Waals surface area contributed by atoms with Gasteiger partial charge in [-0.05, 0) is 100 Å². The van der Waals surface area contributed by atoms with Crippen LogP contribution in [0, 0.1) is 12.7 Å². The Morgan fingerprint density at radius 1 is 0.946 bits per heavy atom. The lowest BCUT2D eigenvalue weighted by Gasteiger charge is -2.34. The summed E-state index contributed by atoms with van der Waals surface area (Å²) >= 11 is 8.41. The van der Waals surface area contributed by atoms with Crippen molar-refractivity contribution in [3.63, 3.8) is 0 Å². The molecule has 0 radical (unpaired) electrons. The van der Waals surface area contributed by atoms with Crippen molar-refractivity contribution in [2.75, 3.05) is 60.0 Å². The van der Waals surface area contributed by atoms with Crippen LogP contribution >= 0.6 is 22.9 Å². The van der Waals surface area contributed by atoms with Crippen molar-refractivity contribution >= 4 is 51.5 Å². The van der Waals surface area contributed by atoms with E-state index in [1.807, 2.05) is 63.2 Å². The number of thiophene rings is 1. The molecule has 0 aliphatic carbocycles. The summed E-state index contributed by atoms with van der Waals surface area (Å²) in [7, 11) is 3.69. The highest BCUT2D eigenvalue weighted by atomic mass is 35.5. The number of benzene rings is 4. The normalized spacial score (nSPS) is 13.6. The number of likely N-dealkylation sites (N-methyl/N-ethyl adjacent to an activating group) is 1. The quantitative estimate of drug-likeness (QED) is 0.0556. The molecule has 15 nitrogen and oxygen atoms in total. The highest BCUT2D eigenvalue weighted by Gasteiger charge is 2.31. The lowest BCUT2D eigenvalue weighted by Crippen LogP contribution is -2.48. The van der Waals surface area contributed by atoms with Crippen LogP contribution in [-0.2, 0) is 33.8 Å². The predicted octanol–water partition coefficient (Wildman–Crippen LogP) is 10.5. The molecule has 1 saturated heterocycles. The molecular weight excluding hydrogens is 985 g/mol. The molecule has 74 heavy (non-hydrogen) atoms. The summed E-state index contributed by atoms with van der Waals surface area (Å²) in [6.07, 6.45) is 1.91. The summed E-state index contributed by atoms with van der Waals surface area (Å²) in [5.41, 5.74) is 4.64. The third-order valence-electron chi connectivity index (χ3n) is 12.5. The zero-order valence-electron chi connectivity index (χ0n) is 42.5. The minimum atomic E-state index is -1.31. The van der Waals surface area contributed by atoms with Crippen LogP contribution < -0.4 is 14.2 Å². The molecule has 8 rings (SSSR count). The van der Waals surface area contributed by atoms with Crippen LogP contribution in [0.1, 0.15) is 60.4 Å². The minimum absolute atomic E-state index is 0.0248. The molecule has 0 bridgehead atoms. The molecule has 7 aromatic rings. The Hall–Kier alpha value is -7.05. The molecule has 0 spiro atoms. The zero-order chi connectivity index (χ0) is 52.5. The van der Waals surface area contributed by atoms with Crippen molar-refractivity contribution in [3.05, 3.63) is 136 Å². The van der Waals surface area contributed by atoms with E-state index in [1.54, 1.807) is 62.4 Å². The smallest absolute Gasteiger partial charge is 0.410 e. The van der Waals surface area contributed by atoms with Crippen LogP contribution in [0.3, 0.4) is 0 Å². The fourth-order valence-electron chi connectivity index (χ4n) is 8.56. The van der Waals surface area contributed by atoms with Gasteiger partial charge in [-0.3, -0.25) is 9.69 Å². The van der Waals surface area contributed by atoms with Gasteiger partial charge in [-0.15, -0.1) is 11.3 Å². The Bertz CT molecular complexity index is 3120. The molecule has 4 heterocycles. The summed E-state index contributed by atoms with van der Waals surface area (Å²) in [6.45, 7) is 14.0. The number of aldehydes is 1. The van der Waals surface area contributed by atoms with E-state index in [1.165, 1.54) is 29.8 Å². The number of fused-ring (bicyclic) bond motifs is 1. The van der Waals surface area contributed by atoms with E-state index < -0.39 is 29.6 Å². The highest BCUT2D eigenvalue weighted by Crippen LogP contribution is 2.49. The van der Waals surface area contributed by atoms with Gasteiger partial charge in [0.25, 0.3) is 0 Å². The topological polar surface area (TPSA) is 159 Å². The number of piperazine rings is 1. The summed E-state index contributed by atoms with van der Waals surface area (Å²) < 4.78 is 44.9.